The van der Waals surface area contributed by atoms with E-state index in [-0.39, 0.29) is 18.6 Å². The minimum Gasteiger partial charge on any atom is -0.493 e. The Bertz CT molecular complexity index is 589. The van der Waals surface area contributed by atoms with Crippen molar-refractivity contribution < 1.29 is 17.9 Å². The second-order valence-corrected chi connectivity index (χ2v) is 4.43. The summed E-state index contributed by atoms with van der Waals surface area (Å²) in [5, 5.41) is 1.45. The first-order chi connectivity index (χ1) is 8.57. The van der Waals surface area contributed by atoms with Gasteiger partial charge in [-0.3, -0.25) is 0 Å². The molecule has 0 bridgehead atoms. The van der Waals surface area contributed by atoms with Crippen LogP contribution in [-0.2, 0) is 0 Å². The van der Waals surface area contributed by atoms with Gasteiger partial charge in [-0.1, -0.05) is 30.3 Å². The van der Waals surface area contributed by atoms with Crippen LogP contribution >= 0.6 is 0 Å². The molecule has 4 heteroatoms. The van der Waals surface area contributed by atoms with Gasteiger partial charge < -0.3 is 4.74 Å². The van der Waals surface area contributed by atoms with E-state index in [2.05, 4.69) is 0 Å². The Labute approximate surface area is 102 Å². The molecule has 2 aromatic rings. The highest BCUT2D eigenvalue weighted by Gasteiger charge is 2.44. The SMILES string of the molecule is FC(F)(F)C1CCOc2ccc3ccccc3c21. The fraction of sp³-hybridized carbons (Fsp3) is 0.286. The van der Waals surface area contributed by atoms with Crippen molar-refractivity contribution in [3.8, 4) is 5.75 Å². The summed E-state index contributed by atoms with van der Waals surface area (Å²) in [6.07, 6.45) is -4.23. The molecule has 0 spiro atoms. The minimum atomic E-state index is -4.22. The molecule has 1 nitrogen and oxygen atoms in total. The fourth-order valence-corrected chi connectivity index (χ4v) is 2.52. The molecule has 0 saturated carbocycles. The van der Waals surface area contributed by atoms with Crippen LogP contribution in [0.1, 0.15) is 17.9 Å². The summed E-state index contributed by atoms with van der Waals surface area (Å²) < 4.78 is 44.6. The van der Waals surface area contributed by atoms with Crippen molar-refractivity contribution in [1.82, 2.24) is 0 Å². The van der Waals surface area contributed by atoms with Crippen LogP contribution in [0, 0.1) is 0 Å². The predicted molar refractivity (Wildman–Crippen MR) is 62.9 cm³/mol. The van der Waals surface area contributed by atoms with Crippen LogP contribution in [0.4, 0.5) is 13.2 Å². The van der Waals surface area contributed by atoms with Crippen LogP contribution in [0.3, 0.4) is 0 Å². The van der Waals surface area contributed by atoms with Crippen molar-refractivity contribution in [3.05, 3.63) is 42.0 Å². The summed E-state index contributed by atoms with van der Waals surface area (Å²) in [5.74, 6) is -1.06. The molecule has 0 amide bonds. The molecule has 0 aromatic heterocycles. The molecule has 18 heavy (non-hydrogen) atoms. The number of halogens is 3. The molecule has 2 aromatic carbocycles. The van der Waals surface area contributed by atoms with Gasteiger partial charge >= 0.3 is 6.18 Å². The maximum absolute atomic E-state index is 13.1. The summed E-state index contributed by atoms with van der Waals surface area (Å²) in [6, 6.07) is 10.5. The molecule has 0 fully saturated rings. The van der Waals surface area contributed by atoms with Crippen molar-refractivity contribution in [3.63, 3.8) is 0 Å². The van der Waals surface area contributed by atoms with E-state index in [1.807, 2.05) is 12.1 Å². The van der Waals surface area contributed by atoms with E-state index in [9.17, 15) is 13.2 Å². The van der Waals surface area contributed by atoms with Gasteiger partial charge in [0.15, 0.2) is 0 Å². The molecule has 0 aliphatic carbocycles. The zero-order chi connectivity index (χ0) is 12.8. The van der Waals surface area contributed by atoms with Crippen LogP contribution in [0.5, 0.6) is 5.75 Å². The molecule has 1 unspecified atom stereocenters. The number of fused-ring (bicyclic) bond motifs is 3. The Hall–Kier alpha value is -1.71. The fourth-order valence-electron chi connectivity index (χ4n) is 2.52. The van der Waals surface area contributed by atoms with Gasteiger partial charge in [-0.15, -0.1) is 0 Å². The molecule has 1 aliphatic heterocycles. The molecular weight excluding hydrogens is 241 g/mol. The van der Waals surface area contributed by atoms with Gasteiger partial charge in [0.2, 0.25) is 0 Å². The lowest BCUT2D eigenvalue weighted by atomic mass is 9.88. The molecule has 0 saturated heterocycles. The maximum Gasteiger partial charge on any atom is 0.396 e. The number of hydrogen-bond acceptors (Lipinski definition) is 1. The third kappa shape index (κ3) is 1.72. The molecule has 0 N–H and O–H groups in total. The van der Waals surface area contributed by atoms with E-state index < -0.39 is 12.1 Å². The topological polar surface area (TPSA) is 9.23 Å². The molecular formula is C14H11F3O. The highest BCUT2D eigenvalue weighted by Crippen LogP contribution is 2.46. The average molecular weight is 252 g/mol. The quantitative estimate of drug-likeness (QED) is 0.680. The molecule has 1 heterocycles. The zero-order valence-electron chi connectivity index (χ0n) is 9.50. The van der Waals surface area contributed by atoms with Crippen LogP contribution in [-0.4, -0.2) is 12.8 Å². The van der Waals surface area contributed by atoms with E-state index >= 15 is 0 Å². The van der Waals surface area contributed by atoms with Crippen molar-refractivity contribution in [2.24, 2.45) is 0 Å². The third-order valence-electron chi connectivity index (χ3n) is 3.34. The highest BCUT2D eigenvalue weighted by atomic mass is 19.4. The van der Waals surface area contributed by atoms with Crippen LogP contribution < -0.4 is 4.74 Å². The van der Waals surface area contributed by atoms with Crippen LogP contribution in [0.15, 0.2) is 36.4 Å². The summed E-state index contributed by atoms with van der Waals surface area (Å²) in [6.45, 7) is 0.121. The first-order valence-corrected chi connectivity index (χ1v) is 5.78. The number of benzene rings is 2. The molecule has 0 radical (unpaired) electrons. The van der Waals surface area contributed by atoms with Crippen molar-refractivity contribution in [2.75, 3.05) is 6.61 Å². The molecule has 1 aliphatic rings. The Balaban J connectivity index is 2.28. The summed E-state index contributed by atoms with van der Waals surface area (Å²) in [7, 11) is 0. The summed E-state index contributed by atoms with van der Waals surface area (Å²) in [5.41, 5.74) is 0.284. The highest BCUT2D eigenvalue weighted by molar-refractivity contribution is 5.88. The number of rotatable bonds is 0. The Morgan fingerprint density at radius 1 is 1.06 bits per heavy atom. The van der Waals surface area contributed by atoms with Gasteiger partial charge in [0, 0.05) is 5.56 Å². The van der Waals surface area contributed by atoms with Gasteiger partial charge in [-0.2, -0.15) is 13.2 Å². The molecule has 94 valence electrons. The van der Waals surface area contributed by atoms with Gasteiger partial charge in [0.1, 0.15) is 5.75 Å². The van der Waals surface area contributed by atoms with Crippen LogP contribution in [0.2, 0.25) is 0 Å². The standard InChI is InChI=1S/C14H11F3O/c15-14(16,17)11-7-8-18-12-6-5-9-3-1-2-4-10(9)13(11)12/h1-6,11H,7-8H2. The van der Waals surface area contributed by atoms with E-state index in [0.29, 0.717) is 11.1 Å². The van der Waals surface area contributed by atoms with Crippen molar-refractivity contribution in [1.29, 1.82) is 0 Å². The largest absolute Gasteiger partial charge is 0.493 e. The van der Waals surface area contributed by atoms with Crippen molar-refractivity contribution in [2.45, 2.75) is 18.5 Å². The lowest BCUT2D eigenvalue weighted by molar-refractivity contribution is -0.155. The maximum atomic E-state index is 13.1. The van der Waals surface area contributed by atoms with E-state index in [1.165, 1.54) is 0 Å². The Morgan fingerprint density at radius 2 is 1.83 bits per heavy atom. The lowest BCUT2D eigenvalue weighted by Gasteiger charge is -2.28. The van der Waals surface area contributed by atoms with Crippen molar-refractivity contribution >= 4 is 10.8 Å². The number of ether oxygens (including phenoxy) is 1. The van der Waals surface area contributed by atoms with Gasteiger partial charge in [0.05, 0.1) is 12.5 Å². The summed E-state index contributed by atoms with van der Waals surface area (Å²) in [4.78, 5) is 0. The van der Waals surface area contributed by atoms with E-state index in [4.69, 9.17) is 4.74 Å². The first-order valence-electron chi connectivity index (χ1n) is 5.78. The number of alkyl halides is 3. The first kappa shape index (κ1) is 11.4. The van der Waals surface area contributed by atoms with Gasteiger partial charge in [-0.05, 0) is 23.3 Å². The van der Waals surface area contributed by atoms with E-state index in [0.717, 1.165) is 5.39 Å². The Morgan fingerprint density at radius 3 is 2.61 bits per heavy atom. The number of hydrogen-bond donors (Lipinski definition) is 0. The van der Waals surface area contributed by atoms with Crippen LogP contribution in [0.25, 0.3) is 10.8 Å². The van der Waals surface area contributed by atoms with Gasteiger partial charge in [0.25, 0.3) is 0 Å². The molecule has 1 atom stereocenters. The Kier molecular flexibility index (Phi) is 2.47. The third-order valence-corrected chi connectivity index (χ3v) is 3.34. The average Bonchev–Trinajstić information content (AvgIpc) is 2.36. The lowest BCUT2D eigenvalue weighted by Crippen LogP contribution is -2.27. The van der Waals surface area contributed by atoms with Gasteiger partial charge in [-0.25, -0.2) is 0 Å². The normalized spacial score (nSPS) is 19.4. The smallest absolute Gasteiger partial charge is 0.396 e. The zero-order valence-corrected chi connectivity index (χ0v) is 9.50. The molecule has 3 rings (SSSR count). The minimum absolute atomic E-state index is 0.00942. The second kappa shape index (κ2) is 3.90. The predicted octanol–water partition coefficient (Wildman–Crippen LogP) is 4.27. The second-order valence-electron chi connectivity index (χ2n) is 4.43. The van der Waals surface area contributed by atoms with E-state index in [1.54, 1.807) is 24.3 Å². The summed E-state index contributed by atoms with van der Waals surface area (Å²) >= 11 is 0. The monoisotopic (exact) mass is 252 g/mol.